The molecule has 0 unspecified atom stereocenters. The second-order valence-electron chi connectivity index (χ2n) is 7.74. The van der Waals surface area contributed by atoms with Crippen molar-refractivity contribution in [2.45, 2.75) is 20.0 Å². The van der Waals surface area contributed by atoms with E-state index in [9.17, 15) is 36.0 Å². The van der Waals surface area contributed by atoms with Crippen LogP contribution in [0.15, 0.2) is 48.5 Å². The van der Waals surface area contributed by atoms with E-state index in [0.29, 0.717) is 0 Å². The lowest BCUT2D eigenvalue weighted by Crippen LogP contribution is -2.32. The summed E-state index contributed by atoms with van der Waals surface area (Å²) >= 11 is 0. The van der Waals surface area contributed by atoms with Crippen LogP contribution in [0, 0.1) is 5.41 Å². The highest BCUT2D eigenvalue weighted by Crippen LogP contribution is 2.35. The predicted octanol–water partition coefficient (Wildman–Crippen LogP) is 3.14. The van der Waals surface area contributed by atoms with Crippen LogP contribution in [0.3, 0.4) is 0 Å². The van der Waals surface area contributed by atoms with E-state index in [1.807, 2.05) is 0 Å². The third-order valence-corrected chi connectivity index (χ3v) is 6.63. The Balaban J connectivity index is 1.69. The van der Waals surface area contributed by atoms with Crippen molar-refractivity contribution in [2.24, 2.45) is 5.41 Å². The number of carbonyl (C=O) groups is 3. The SMILES string of the molecule is CC1(C)CS(=O)(=O)N(c2ccc(C(=O)Nc3ccc(NC(=O)C(F)(F)F)cc3)cc2)C1=O. The molecule has 170 valence electrons. The van der Waals surface area contributed by atoms with E-state index >= 15 is 0 Å². The van der Waals surface area contributed by atoms with Crippen LogP contribution in [-0.2, 0) is 19.6 Å². The summed E-state index contributed by atoms with van der Waals surface area (Å²) in [5.74, 6) is -3.57. The van der Waals surface area contributed by atoms with Gasteiger partial charge in [0, 0.05) is 16.9 Å². The van der Waals surface area contributed by atoms with Crippen molar-refractivity contribution in [1.82, 2.24) is 0 Å². The molecule has 1 heterocycles. The zero-order chi connectivity index (χ0) is 23.9. The summed E-state index contributed by atoms with van der Waals surface area (Å²) in [7, 11) is -3.82. The Morgan fingerprint density at radius 3 is 1.88 bits per heavy atom. The van der Waals surface area contributed by atoms with Crippen LogP contribution in [0.2, 0.25) is 0 Å². The molecule has 3 rings (SSSR count). The standard InChI is InChI=1S/C20H18F3N3O5S/c1-19(2)11-32(30,31)26(18(19)29)15-9-3-12(4-10-15)16(27)24-13-5-7-14(8-6-13)25-17(28)20(21,22)23/h3-10H,11H2,1-2H3,(H,24,27)(H,25,28). The summed E-state index contributed by atoms with van der Waals surface area (Å²) in [4.78, 5) is 35.8. The molecule has 1 aliphatic heterocycles. The largest absolute Gasteiger partial charge is 0.471 e. The van der Waals surface area contributed by atoms with Crippen LogP contribution in [-0.4, -0.2) is 38.1 Å². The maximum atomic E-state index is 12.4. The van der Waals surface area contributed by atoms with E-state index in [0.717, 1.165) is 4.31 Å². The topological polar surface area (TPSA) is 113 Å². The highest BCUT2D eigenvalue weighted by atomic mass is 32.2. The molecular weight excluding hydrogens is 451 g/mol. The summed E-state index contributed by atoms with van der Waals surface area (Å²) < 4.78 is 62.2. The van der Waals surface area contributed by atoms with E-state index in [2.05, 4.69) is 5.32 Å². The summed E-state index contributed by atoms with van der Waals surface area (Å²) in [6.45, 7) is 3.07. The fourth-order valence-corrected chi connectivity index (χ4v) is 5.16. The van der Waals surface area contributed by atoms with Gasteiger partial charge in [-0.2, -0.15) is 13.2 Å². The van der Waals surface area contributed by atoms with Gasteiger partial charge < -0.3 is 10.6 Å². The van der Waals surface area contributed by atoms with Crippen molar-refractivity contribution in [2.75, 3.05) is 20.7 Å². The third kappa shape index (κ3) is 4.74. The van der Waals surface area contributed by atoms with Crippen molar-refractivity contribution in [3.05, 3.63) is 54.1 Å². The van der Waals surface area contributed by atoms with E-state index in [-0.39, 0.29) is 28.4 Å². The number of hydrogen-bond acceptors (Lipinski definition) is 5. The lowest BCUT2D eigenvalue weighted by atomic mass is 9.95. The third-order valence-electron chi connectivity index (χ3n) is 4.61. The average molecular weight is 469 g/mol. The van der Waals surface area contributed by atoms with Crippen LogP contribution < -0.4 is 14.9 Å². The monoisotopic (exact) mass is 469 g/mol. The zero-order valence-electron chi connectivity index (χ0n) is 16.9. The lowest BCUT2D eigenvalue weighted by molar-refractivity contribution is -0.167. The minimum atomic E-state index is -5.02. The van der Waals surface area contributed by atoms with E-state index in [1.54, 1.807) is 5.32 Å². The van der Waals surface area contributed by atoms with E-state index in [1.165, 1.54) is 62.4 Å². The quantitative estimate of drug-likeness (QED) is 0.715. The Bertz CT molecular complexity index is 1170. The second kappa shape index (κ2) is 7.93. The number of anilines is 3. The number of benzene rings is 2. The fourth-order valence-electron chi connectivity index (χ4n) is 3.05. The molecule has 0 aliphatic carbocycles. The predicted molar refractivity (Wildman–Crippen MR) is 111 cm³/mol. The Morgan fingerprint density at radius 2 is 1.44 bits per heavy atom. The molecular formula is C20H18F3N3O5S. The van der Waals surface area contributed by atoms with Gasteiger partial charge >= 0.3 is 12.1 Å². The molecule has 0 bridgehead atoms. The zero-order valence-corrected chi connectivity index (χ0v) is 17.7. The number of amides is 3. The molecule has 0 aromatic heterocycles. The molecule has 1 saturated heterocycles. The number of carbonyl (C=O) groups excluding carboxylic acids is 3. The van der Waals surface area contributed by atoms with Gasteiger partial charge in [0.1, 0.15) is 0 Å². The Kier molecular flexibility index (Phi) is 5.77. The van der Waals surface area contributed by atoms with Gasteiger partial charge in [-0.05, 0) is 62.4 Å². The van der Waals surface area contributed by atoms with Gasteiger partial charge in [-0.25, -0.2) is 12.7 Å². The van der Waals surface area contributed by atoms with Gasteiger partial charge in [0.2, 0.25) is 15.9 Å². The van der Waals surface area contributed by atoms with Gasteiger partial charge in [-0.3, -0.25) is 14.4 Å². The first kappa shape index (κ1) is 23.3. The summed E-state index contributed by atoms with van der Waals surface area (Å²) in [5.41, 5.74) is -0.633. The van der Waals surface area contributed by atoms with Gasteiger partial charge in [-0.1, -0.05) is 0 Å². The van der Waals surface area contributed by atoms with Crippen molar-refractivity contribution in [1.29, 1.82) is 0 Å². The van der Waals surface area contributed by atoms with Gasteiger partial charge in [-0.15, -0.1) is 0 Å². The molecule has 0 radical (unpaired) electrons. The summed E-state index contributed by atoms with van der Waals surface area (Å²) in [5, 5.41) is 4.21. The second-order valence-corrected chi connectivity index (χ2v) is 9.56. The molecule has 0 atom stereocenters. The molecule has 3 amide bonds. The molecule has 8 nitrogen and oxygen atoms in total. The van der Waals surface area contributed by atoms with Crippen molar-refractivity contribution >= 4 is 44.8 Å². The van der Waals surface area contributed by atoms with Crippen LogP contribution in [0.1, 0.15) is 24.2 Å². The Labute approximate surface area is 181 Å². The lowest BCUT2D eigenvalue weighted by Gasteiger charge is -2.17. The van der Waals surface area contributed by atoms with Crippen LogP contribution in [0.4, 0.5) is 30.2 Å². The molecule has 1 aliphatic rings. The highest BCUT2D eigenvalue weighted by molar-refractivity contribution is 7.94. The minimum absolute atomic E-state index is 0.103. The number of alkyl halides is 3. The molecule has 0 spiro atoms. The van der Waals surface area contributed by atoms with Crippen LogP contribution in [0.5, 0.6) is 0 Å². The first-order valence-electron chi connectivity index (χ1n) is 9.18. The van der Waals surface area contributed by atoms with Gasteiger partial charge in [0.15, 0.2) is 0 Å². The summed E-state index contributed by atoms with van der Waals surface area (Å²) in [6, 6.07) is 10.3. The minimum Gasteiger partial charge on any atom is -0.322 e. The number of nitrogens with one attached hydrogen (secondary N) is 2. The van der Waals surface area contributed by atoms with Gasteiger partial charge in [0.25, 0.3) is 5.91 Å². The number of hydrogen-bond donors (Lipinski definition) is 2. The maximum absolute atomic E-state index is 12.4. The molecule has 12 heteroatoms. The molecule has 2 aromatic rings. The van der Waals surface area contributed by atoms with Crippen molar-refractivity contribution in [3.8, 4) is 0 Å². The first-order valence-corrected chi connectivity index (χ1v) is 10.8. The number of halogens is 3. The first-order chi connectivity index (χ1) is 14.7. The smallest absolute Gasteiger partial charge is 0.322 e. The Morgan fingerprint density at radius 1 is 0.938 bits per heavy atom. The normalized spacial score (nSPS) is 17.2. The fraction of sp³-hybridized carbons (Fsp3) is 0.250. The average Bonchev–Trinajstić information content (AvgIpc) is 2.85. The molecule has 1 fully saturated rings. The van der Waals surface area contributed by atoms with Crippen molar-refractivity contribution in [3.63, 3.8) is 0 Å². The van der Waals surface area contributed by atoms with Crippen molar-refractivity contribution < 1.29 is 36.0 Å². The molecule has 0 saturated carbocycles. The number of rotatable bonds is 4. The number of sulfonamides is 1. The molecule has 2 N–H and O–H groups in total. The highest BCUT2D eigenvalue weighted by Gasteiger charge is 2.49. The van der Waals surface area contributed by atoms with Gasteiger partial charge in [0.05, 0.1) is 16.9 Å². The number of nitrogens with zero attached hydrogens (tertiary/aromatic N) is 1. The Hall–Kier alpha value is -3.41. The maximum Gasteiger partial charge on any atom is 0.471 e. The molecule has 32 heavy (non-hydrogen) atoms. The van der Waals surface area contributed by atoms with E-state index < -0.39 is 39.3 Å². The summed E-state index contributed by atoms with van der Waals surface area (Å²) in [6.07, 6.45) is -5.02. The van der Waals surface area contributed by atoms with Crippen LogP contribution in [0.25, 0.3) is 0 Å². The van der Waals surface area contributed by atoms with E-state index in [4.69, 9.17) is 0 Å². The molecule has 2 aromatic carbocycles. The van der Waals surface area contributed by atoms with Crippen LogP contribution >= 0.6 is 0 Å².